The maximum Gasteiger partial charge on any atom is 0.345 e. The summed E-state index contributed by atoms with van der Waals surface area (Å²) in [6.07, 6.45) is -0.468. The molecule has 0 aliphatic rings. The minimum Gasteiger partial charge on any atom is -0.459 e. The van der Waals surface area contributed by atoms with Crippen molar-refractivity contribution in [3.8, 4) is 0 Å². The highest BCUT2D eigenvalue weighted by Crippen LogP contribution is 2.33. The Morgan fingerprint density at radius 3 is 2.41 bits per heavy atom. The van der Waals surface area contributed by atoms with Crippen LogP contribution in [0.25, 0.3) is 5.65 Å². The molecule has 0 amide bonds. The highest BCUT2D eigenvalue weighted by Gasteiger charge is 2.33. The first kappa shape index (κ1) is 21.4. The molecular weight excluding hydrogens is 439 g/mol. The van der Waals surface area contributed by atoms with Gasteiger partial charge < -0.3 is 4.74 Å². The molecule has 3 aromatic rings. The third-order valence-electron chi connectivity index (χ3n) is 3.86. The summed E-state index contributed by atoms with van der Waals surface area (Å²) in [4.78, 5) is 17.0. The first-order valence-corrected chi connectivity index (χ1v) is 10.8. The van der Waals surface area contributed by atoms with Crippen LogP contribution in [0, 0.1) is 13.8 Å². The number of benzene rings is 1. The molecule has 0 saturated carbocycles. The summed E-state index contributed by atoms with van der Waals surface area (Å²) in [7, 11) is -4.35. The van der Waals surface area contributed by atoms with E-state index in [2.05, 4.69) is 14.8 Å². The molecule has 0 unspecified atom stereocenters. The van der Waals surface area contributed by atoms with E-state index in [1.165, 1.54) is 16.6 Å². The molecule has 29 heavy (non-hydrogen) atoms. The minimum atomic E-state index is -4.35. The average Bonchev–Trinajstić information content (AvgIpc) is 2.98. The first-order chi connectivity index (χ1) is 13.5. The fraction of sp³-hybridized carbons (Fsp3) is 0.278. The van der Waals surface area contributed by atoms with Crippen molar-refractivity contribution in [1.29, 1.82) is 0 Å². The molecule has 11 heteroatoms. The van der Waals surface area contributed by atoms with Crippen LogP contribution in [0.3, 0.4) is 0 Å². The zero-order valence-electron chi connectivity index (χ0n) is 16.0. The van der Waals surface area contributed by atoms with Crippen LogP contribution in [0.15, 0.2) is 29.3 Å². The number of fused-ring (bicyclic) bond motifs is 1. The van der Waals surface area contributed by atoms with Gasteiger partial charge in [-0.15, -0.1) is 0 Å². The number of nitrogens with zero attached hydrogens (tertiary/aromatic N) is 3. The molecule has 1 aromatic carbocycles. The lowest BCUT2D eigenvalue weighted by Gasteiger charge is -2.11. The van der Waals surface area contributed by atoms with Crippen molar-refractivity contribution in [2.45, 2.75) is 38.8 Å². The highest BCUT2D eigenvalue weighted by molar-refractivity contribution is 7.92. The molecule has 0 fully saturated rings. The molecule has 2 heterocycles. The van der Waals surface area contributed by atoms with Gasteiger partial charge in [-0.3, -0.25) is 4.72 Å². The Morgan fingerprint density at radius 1 is 1.21 bits per heavy atom. The number of hydrogen-bond acceptors (Lipinski definition) is 6. The molecule has 0 radical (unpaired) electrons. The van der Waals surface area contributed by atoms with Gasteiger partial charge >= 0.3 is 5.97 Å². The topological polar surface area (TPSA) is 103 Å². The lowest BCUT2D eigenvalue weighted by Crippen LogP contribution is -2.19. The van der Waals surface area contributed by atoms with E-state index < -0.39 is 27.1 Å². The van der Waals surface area contributed by atoms with Crippen LogP contribution in [-0.2, 0) is 14.8 Å². The van der Waals surface area contributed by atoms with E-state index in [1.807, 2.05) is 0 Å². The molecule has 0 aliphatic carbocycles. The van der Waals surface area contributed by atoms with Gasteiger partial charge in [0.1, 0.15) is 5.56 Å². The Labute approximate surface area is 177 Å². The molecule has 1 N–H and O–H groups in total. The number of nitrogens with one attached hydrogen (secondary N) is 1. The summed E-state index contributed by atoms with van der Waals surface area (Å²) in [5.74, 6) is -0.849. The molecule has 0 bridgehead atoms. The standard InChI is InChI=1S/C18H18Cl2N4O4S/c1-9(2)28-18(25)14-16-21-10(3)8-11(4)24(16)22-17(14)29(26,27)23-15-12(19)6-5-7-13(15)20/h5-9,23H,1-4H3. The Kier molecular flexibility index (Phi) is 5.75. The number of aromatic nitrogens is 3. The van der Waals surface area contributed by atoms with Crippen LogP contribution in [0.4, 0.5) is 5.69 Å². The monoisotopic (exact) mass is 456 g/mol. The second kappa shape index (κ2) is 7.81. The molecule has 0 aliphatic heterocycles. The van der Waals surface area contributed by atoms with E-state index in [0.717, 1.165) is 0 Å². The van der Waals surface area contributed by atoms with Crippen molar-refractivity contribution < 1.29 is 17.9 Å². The summed E-state index contributed by atoms with van der Waals surface area (Å²) < 4.78 is 35.1. The third-order valence-corrected chi connectivity index (χ3v) is 5.76. The normalized spacial score (nSPS) is 11.8. The number of carbonyl (C=O) groups is 1. The van der Waals surface area contributed by atoms with Crippen molar-refractivity contribution >= 4 is 50.5 Å². The molecule has 3 rings (SSSR count). The predicted octanol–water partition coefficient (Wildman–Crippen LogP) is 4.02. The van der Waals surface area contributed by atoms with Crippen LogP contribution >= 0.6 is 23.2 Å². The van der Waals surface area contributed by atoms with Gasteiger partial charge in [0.25, 0.3) is 10.0 Å². The van der Waals surface area contributed by atoms with Crippen molar-refractivity contribution in [2.24, 2.45) is 0 Å². The zero-order chi connectivity index (χ0) is 21.5. The predicted molar refractivity (Wildman–Crippen MR) is 110 cm³/mol. The van der Waals surface area contributed by atoms with E-state index in [-0.39, 0.29) is 26.9 Å². The SMILES string of the molecule is Cc1cc(C)n2nc(S(=O)(=O)Nc3c(Cl)cccc3Cl)c(C(=O)OC(C)C)c2n1. The quantitative estimate of drug-likeness (QED) is 0.581. The van der Waals surface area contributed by atoms with Gasteiger partial charge in [-0.05, 0) is 45.9 Å². The Balaban J connectivity index is 2.24. The summed E-state index contributed by atoms with van der Waals surface area (Å²) in [5, 5.41) is 3.79. The molecular formula is C18H18Cl2N4O4S. The van der Waals surface area contributed by atoms with Crippen LogP contribution in [-0.4, -0.2) is 35.1 Å². The molecule has 154 valence electrons. The Bertz CT molecular complexity index is 1200. The van der Waals surface area contributed by atoms with Gasteiger partial charge in [-0.1, -0.05) is 29.3 Å². The van der Waals surface area contributed by atoms with Crippen molar-refractivity contribution in [2.75, 3.05) is 4.72 Å². The third kappa shape index (κ3) is 4.17. The number of aryl methyl sites for hydroxylation is 2. The zero-order valence-corrected chi connectivity index (χ0v) is 18.4. The van der Waals surface area contributed by atoms with E-state index in [9.17, 15) is 13.2 Å². The van der Waals surface area contributed by atoms with Crippen LogP contribution in [0.1, 0.15) is 35.6 Å². The van der Waals surface area contributed by atoms with Gasteiger partial charge in [0.05, 0.1) is 21.8 Å². The second-order valence-electron chi connectivity index (χ2n) is 6.61. The Morgan fingerprint density at radius 2 is 1.83 bits per heavy atom. The second-order valence-corrected chi connectivity index (χ2v) is 9.02. The molecule has 2 aromatic heterocycles. The largest absolute Gasteiger partial charge is 0.459 e. The number of sulfonamides is 1. The van der Waals surface area contributed by atoms with Gasteiger partial charge in [0.2, 0.25) is 5.03 Å². The number of ether oxygens (including phenoxy) is 1. The van der Waals surface area contributed by atoms with E-state index in [1.54, 1.807) is 39.8 Å². The number of anilines is 1. The average molecular weight is 457 g/mol. The molecule has 8 nitrogen and oxygen atoms in total. The maximum atomic E-state index is 13.1. The number of rotatable bonds is 5. The number of hydrogen-bond donors (Lipinski definition) is 1. The number of esters is 1. The summed E-state index contributed by atoms with van der Waals surface area (Å²) in [6, 6.07) is 6.26. The van der Waals surface area contributed by atoms with E-state index in [4.69, 9.17) is 27.9 Å². The van der Waals surface area contributed by atoms with E-state index >= 15 is 0 Å². The van der Waals surface area contributed by atoms with Crippen LogP contribution in [0.5, 0.6) is 0 Å². The van der Waals surface area contributed by atoms with Crippen LogP contribution < -0.4 is 4.72 Å². The van der Waals surface area contributed by atoms with Crippen molar-refractivity contribution in [3.63, 3.8) is 0 Å². The van der Waals surface area contributed by atoms with Gasteiger partial charge in [-0.2, -0.15) is 13.5 Å². The first-order valence-electron chi connectivity index (χ1n) is 8.56. The van der Waals surface area contributed by atoms with Gasteiger partial charge in [-0.25, -0.2) is 14.3 Å². The van der Waals surface area contributed by atoms with Crippen molar-refractivity contribution in [3.05, 3.63) is 51.3 Å². The molecule has 0 atom stereocenters. The summed E-state index contributed by atoms with van der Waals surface area (Å²) >= 11 is 12.2. The fourth-order valence-corrected chi connectivity index (χ4v) is 4.54. The Hall–Kier alpha value is -2.36. The highest BCUT2D eigenvalue weighted by atomic mass is 35.5. The number of carbonyl (C=O) groups excluding carboxylic acids is 1. The molecule has 0 spiro atoms. The summed E-state index contributed by atoms with van der Waals surface area (Å²) in [5.41, 5.74) is 1.000. The van der Waals surface area contributed by atoms with Crippen LogP contribution in [0.2, 0.25) is 10.0 Å². The number of halogens is 2. The maximum absolute atomic E-state index is 13.1. The van der Waals surface area contributed by atoms with E-state index in [0.29, 0.717) is 11.4 Å². The molecule has 0 saturated heterocycles. The summed E-state index contributed by atoms with van der Waals surface area (Å²) in [6.45, 7) is 6.77. The smallest absolute Gasteiger partial charge is 0.345 e. The van der Waals surface area contributed by atoms with Gasteiger partial charge in [0.15, 0.2) is 5.65 Å². The minimum absolute atomic E-state index is 0.0167. The number of para-hydroxylation sites is 1. The lowest BCUT2D eigenvalue weighted by molar-refractivity contribution is 0.0375. The lowest BCUT2D eigenvalue weighted by atomic mass is 10.3. The van der Waals surface area contributed by atoms with Gasteiger partial charge in [0, 0.05) is 11.4 Å². The fourth-order valence-electron chi connectivity index (χ4n) is 2.72. The van der Waals surface area contributed by atoms with Crippen molar-refractivity contribution in [1.82, 2.24) is 14.6 Å².